The van der Waals surface area contributed by atoms with Crippen LogP contribution in [0.25, 0.3) is 27.6 Å². The lowest BCUT2D eigenvalue weighted by atomic mass is 10.2. The Morgan fingerprint density at radius 2 is 2.05 bits per heavy atom. The number of aromatic nitrogens is 3. The fourth-order valence-electron chi connectivity index (χ4n) is 2.31. The topological polar surface area (TPSA) is 69.9 Å². The number of fused-ring (bicyclic) bond motifs is 2. The summed E-state index contributed by atoms with van der Waals surface area (Å²) in [6.07, 6.45) is 6.43. The van der Waals surface area contributed by atoms with Crippen LogP contribution in [0.4, 0.5) is 10.1 Å². The van der Waals surface area contributed by atoms with Crippen LogP contribution in [-0.4, -0.2) is 14.8 Å². The lowest BCUT2D eigenvalue weighted by Gasteiger charge is -2.01. The average molecular weight is 268 g/mol. The number of halogens is 1. The number of nitrogens with zero attached hydrogens (tertiary/aromatic N) is 3. The maximum absolute atomic E-state index is 13.4. The van der Waals surface area contributed by atoms with E-state index in [1.165, 1.54) is 12.1 Å². The number of nitrogens with two attached hydrogens (primary N) is 1. The van der Waals surface area contributed by atoms with E-state index in [0.717, 1.165) is 10.9 Å². The average Bonchev–Trinajstić information content (AvgIpc) is 3.02. The summed E-state index contributed by atoms with van der Waals surface area (Å²) in [7, 11) is 0. The molecule has 4 rings (SSSR count). The molecule has 1 aromatic carbocycles. The molecule has 98 valence electrons. The Morgan fingerprint density at radius 1 is 1.15 bits per heavy atom. The molecule has 2 N–H and O–H groups in total. The minimum absolute atomic E-state index is 0.325. The smallest absolute Gasteiger partial charge is 0.136 e. The summed E-state index contributed by atoms with van der Waals surface area (Å²) in [5, 5.41) is 5.74. The van der Waals surface area contributed by atoms with Gasteiger partial charge in [0.1, 0.15) is 23.4 Å². The molecule has 0 unspecified atom stereocenters. The highest BCUT2D eigenvalue weighted by Crippen LogP contribution is 2.28. The SMILES string of the molecule is Nc1cncc2c1cnn2-c1coc2ccc(F)cc12. The Hall–Kier alpha value is -2.89. The fraction of sp³-hybridized carbons (Fsp3) is 0. The van der Waals surface area contributed by atoms with Crippen LogP contribution in [-0.2, 0) is 0 Å². The molecule has 3 aromatic heterocycles. The first-order chi connectivity index (χ1) is 9.74. The normalized spacial score (nSPS) is 11.4. The Labute approximate surface area is 112 Å². The van der Waals surface area contributed by atoms with Gasteiger partial charge in [-0.2, -0.15) is 5.10 Å². The third-order valence-electron chi connectivity index (χ3n) is 3.27. The van der Waals surface area contributed by atoms with Crippen LogP contribution in [0.5, 0.6) is 0 Å². The predicted molar refractivity (Wildman–Crippen MR) is 73.0 cm³/mol. The molecule has 0 fully saturated rings. The van der Waals surface area contributed by atoms with E-state index < -0.39 is 0 Å². The quantitative estimate of drug-likeness (QED) is 0.576. The number of furan rings is 1. The first-order valence-electron chi connectivity index (χ1n) is 5.98. The van der Waals surface area contributed by atoms with Crippen LogP contribution >= 0.6 is 0 Å². The molecule has 0 atom stereocenters. The van der Waals surface area contributed by atoms with Crippen LogP contribution in [0.15, 0.2) is 47.5 Å². The standard InChI is InChI=1S/C14H9FN4O/c15-8-1-2-14-9(3-8)13(7-20-14)19-12-6-17-5-11(16)10(12)4-18-19/h1-7H,16H2. The van der Waals surface area contributed by atoms with Crippen molar-refractivity contribution in [2.45, 2.75) is 0 Å². The third-order valence-corrected chi connectivity index (χ3v) is 3.27. The van der Waals surface area contributed by atoms with Crippen molar-refractivity contribution in [1.29, 1.82) is 0 Å². The van der Waals surface area contributed by atoms with Crippen molar-refractivity contribution in [1.82, 2.24) is 14.8 Å². The van der Waals surface area contributed by atoms with E-state index in [4.69, 9.17) is 10.2 Å². The van der Waals surface area contributed by atoms with E-state index in [1.807, 2.05) is 0 Å². The lowest BCUT2D eigenvalue weighted by molar-refractivity contribution is 0.606. The largest absolute Gasteiger partial charge is 0.462 e. The molecular weight excluding hydrogens is 259 g/mol. The zero-order valence-electron chi connectivity index (χ0n) is 10.2. The second-order valence-electron chi connectivity index (χ2n) is 4.48. The van der Waals surface area contributed by atoms with Gasteiger partial charge in [-0.3, -0.25) is 4.98 Å². The van der Waals surface area contributed by atoms with Crippen molar-refractivity contribution < 1.29 is 8.81 Å². The Bertz CT molecular complexity index is 937. The van der Waals surface area contributed by atoms with Gasteiger partial charge in [0.05, 0.1) is 29.8 Å². The van der Waals surface area contributed by atoms with Gasteiger partial charge in [-0.1, -0.05) is 0 Å². The second-order valence-corrected chi connectivity index (χ2v) is 4.48. The summed E-state index contributed by atoms with van der Waals surface area (Å²) >= 11 is 0. The molecule has 0 aliphatic heterocycles. The minimum atomic E-state index is -0.325. The first kappa shape index (κ1) is 11.0. The summed E-state index contributed by atoms with van der Waals surface area (Å²) in [4.78, 5) is 4.06. The van der Waals surface area contributed by atoms with Gasteiger partial charge in [0.2, 0.25) is 0 Å². The fourth-order valence-corrected chi connectivity index (χ4v) is 2.31. The molecule has 0 radical (unpaired) electrons. The zero-order valence-corrected chi connectivity index (χ0v) is 10.2. The molecule has 0 bridgehead atoms. The summed E-state index contributed by atoms with van der Waals surface area (Å²) < 4.78 is 20.5. The van der Waals surface area contributed by atoms with Crippen LogP contribution in [0.3, 0.4) is 0 Å². The van der Waals surface area contributed by atoms with Crippen LogP contribution in [0.2, 0.25) is 0 Å². The van der Waals surface area contributed by atoms with Crippen molar-refractivity contribution in [2.75, 3.05) is 5.73 Å². The first-order valence-corrected chi connectivity index (χ1v) is 5.98. The number of hydrogen-bond donors (Lipinski definition) is 1. The third kappa shape index (κ3) is 1.41. The molecule has 0 amide bonds. The van der Waals surface area contributed by atoms with Crippen molar-refractivity contribution >= 4 is 27.6 Å². The van der Waals surface area contributed by atoms with E-state index in [1.54, 1.807) is 35.6 Å². The van der Waals surface area contributed by atoms with Gasteiger partial charge in [0.15, 0.2) is 0 Å². The Morgan fingerprint density at radius 3 is 2.95 bits per heavy atom. The molecule has 0 spiro atoms. The van der Waals surface area contributed by atoms with Gasteiger partial charge >= 0.3 is 0 Å². The van der Waals surface area contributed by atoms with E-state index in [9.17, 15) is 4.39 Å². The summed E-state index contributed by atoms with van der Waals surface area (Å²) in [5.74, 6) is -0.325. The molecule has 20 heavy (non-hydrogen) atoms. The van der Waals surface area contributed by atoms with Crippen LogP contribution < -0.4 is 5.73 Å². The number of benzene rings is 1. The highest BCUT2D eigenvalue weighted by Gasteiger charge is 2.13. The minimum Gasteiger partial charge on any atom is -0.462 e. The van der Waals surface area contributed by atoms with Gasteiger partial charge in [-0.15, -0.1) is 0 Å². The molecular formula is C14H9FN4O. The molecule has 5 nitrogen and oxygen atoms in total. The van der Waals surface area contributed by atoms with E-state index in [-0.39, 0.29) is 5.82 Å². The molecule has 4 aromatic rings. The van der Waals surface area contributed by atoms with Gasteiger partial charge in [0.25, 0.3) is 0 Å². The summed E-state index contributed by atoms with van der Waals surface area (Å²) in [6, 6.07) is 4.37. The lowest BCUT2D eigenvalue weighted by Crippen LogP contribution is -1.95. The molecule has 6 heteroatoms. The molecule has 0 aliphatic rings. The molecule has 3 heterocycles. The van der Waals surface area contributed by atoms with Crippen molar-refractivity contribution in [3.8, 4) is 5.69 Å². The van der Waals surface area contributed by atoms with Crippen molar-refractivity contribution in [2.24, 2.45) is 0 Å². The van der Waals surface area contributed by atoms with E-state index >= 15 is 0 Å². The summed E-state index contributed by atoms with van der Waals surface area (Å²) in [6.45, 7) is 0. The van der Waals surface area contributed by atoms with E-state index in [2.05, 4.69) is 10.1 Å². The van der Waals surface area contributed by atoms with Crippen molar-refractivity contribution in [3.05, 3.63) is 48.9 Å². The second kappa shape index (κ2) is 3.80. The van der Waals surface area contributed by atoms with Crippen LogP contribution in [0, 0.1) is 5.82 Å². The van der Waals surface area contributed by atoms with Gasteiger partial charge < -0.3 is 10.2 Å². The van der Waals surface area contributed by atoms with Crippen LogP contribution in [0.1, 0.15) is 0 Å². The molecule has 0 aliphatic carbocycles. The number of rotatable bonds is 1. The Balaban J connectivity index is 2.06. The number of pyridine rings is 1. The van der Waals surface area contributed by atoms with E-state index in [0.29, 0.717) is 22.3 Å². The van der Waals surface area contributed by atoms with Gasteiger partial charge in [0, 0.05) is 10.8 Å². The van der Waals surface area contributed by atoms with Gasteiger partial charge in [-0.05, 0) is 18.2 Å². The monoisotopic (exact) mass is 268 g/mol. The molecule has 0 saturated carbocycles. The highest BCUT2D eigenvalue weighted by atomic mass is 19.1. The molecule has 0 saturated heterocycles. The number of nitrogen functional groups attached to an aromatic ring is 1. The number of anilines is 1. The Kier molecular flexibility index (Phi) is 2.09. The summed E-state index contributed by atoms with van der Waals surface area (Å²) in [5.41, 5.74) is 8.41. The van der Waals surface area contributed by atoms with Crippen molar-refractivity contribution in [3.63, 3.8) is 0 Å². The highest BCUT2D eigenvalue weighted by molar-refractivity contribution is 5.93. The maximum atomic E-state index is 13.4. The zero-order chi connectivity index (χ0) is 13.7. The van der Waals surface area contributed by atoms with Gasteiger partial charge in [-0.25, -0.2) is 9.07 Å². The maximum Gasteiger partial charge on any atom is 0.136 e. The predicted octanol–water partition coefficient (Wildman–Crippen LogP) is 2.89. The number of hydrogen-bond acceptors (Lipinski definition) is 4.